The van der Waals surface area contributed by atoms with E-state index in [-0.39, 0.29) is 11.9 Å². The molecule has 2 heterocycles. The van der Waals surface area contributed by atoms with Gasteiger partial charge in [0.1, 0.15) is 0 Å². The van der Waals surface area contributed by atoms with Crippen LogP contribution in [0.5, 0.6) is 0 Å². The third-order valence-corrected chi connectivity index (χ3v) is 3.74. The number of hydrogen-bond donors (Lipinski definition) is 2. The summed E-state index contributed by atoms with van der Waals surface area (Å²) in [6.07, 6.45) is 6.03. The summed E-state index contributed by atoms with van der Waals surface area (Å²) in [6, 6.07) is 1.61. The SMILES string of the molecule is CC(C)CC(N)C(=O)NC1CCN(c2ncccn2)CC1. The average Bonchev–Trinajstić information content (AvgIpc) is 2.48. The van der Waals surface area contributed by atoms with Crippen molar-refractivity contribution in [2.24, 2.45) is 11.7 Å². The normalized spacial score (nSPS) is 17.8. The van der Waals surface area contributed by atoms with Crippen molar-refractivity contribution in [3.05, 3.63) is 18.5 Å². The van der Waals surface area contributed by atoms with E-state index in [1.54, 1.807) is 12.4 Å². The van der Waals surface area contributed by atoms with Crippen LogP contribution in [0.1, 0.15) is 33.1 Å². The van der Waals surface area contributed by atoms with Crippen molar-refractivity contribution < 1.29 is 4.79 Å². The van der Waals surface area contributed by atoms with E-state index >= 15 is 0 Å². The maximum Gasteiger partial charge on any atom is 0.237 e. The van der Waals surface area contributed by atoms with Crippen LogP contribution < -0.4 is 16.0 Å². The topological polar surface area (TPSA) is 84.1 Å². The van der Waals surface area contributed by atoms with Crippen molar-refractivity contribution in [3.63, 3.8) is 0 Å². The van der Waals surface area contributed by atoms with E-state index in [2.05, 4.69) is 34.0 Å². The van der Waals surface area contributed by atoms with Gasteiger partial charge < -0.3 is 16.0 Å². The third-order valence-electron chi connectivity index (χ3n) is 3.74. The molecule has 1 unspecified atom stereocenters. The van der Waals surface area contributed by atoms with E-state index in [4.69, 9.17) is 5.73 Å². The molecule has 0 bridgehead atoms. The quantitative estimate of drug-likeness (QED) is 0.843. The van der Waals surface area contributed by atoms with E-state index in [0.29, 0.717) is 5.92 Å². The zero-order chi connectivity index (χ0) is 15.2. The van der Waals surface area contributed by atoms with Crippen molar-refractivity contribution in [1.29, 1.82) is 0 Å². The molecule has 6 heteroatoms. The fourth-order valence-corrected chi connectivity index (χ4v) is 2.60. The van der Waals surface area contributed by atoms with Gasteiger partial charge in [0, 0.05) is 31.5 Å². The van der Waals surface area contributed by atoms with Crippen LogP contribution in [0.4, 0.5) is 5.95 Å². The number of rotatable bonds is 5. The minimum Gasteiger partial charge on any atom is -0.352 e. The van der Waals surface area contributed by atoms with Crippen molar-refractivity contribution in [3.8, 4) is 0 Å². The van der Waals surface area contributed by atoms with Gasteiger partial charge in [-0.05, 0) is 31.2 Å². The molecule has 0 spiro atoms. The van der Waals surface area contributed by atoms with Gasteiger partial charge in [-0.2, -0.15) is 0 Å². The highest BCUT2D eigenvalue weighted by atomic mass is 16.2. The molecule has 2 rings (SSSR count). The highest BCUT2D eigenvalue weighted by molar-refractivity contribution is 5.81. The Morgan fingerprint density at radius 3 is 2.57 bits per heavy atom. The summed E-state index contributed by atoms with van der Waals surface area (Å²) in [4.78, 5) is 22.7. The number of carbonyl (C=O) groups is 1. The summed E-state index contributed by atoms with van der Waals surface area (Å²) >= 11 is 0. The minimum atomic E-state index is -0.402. The lowest BCUT2D eigenvalue weighted by atomic mass is 10.0. The predicted octanol–water partition coefficient (Wildman–Crippen LogP) is 0.935. The summed E-state index contributed by atoms with van der Waals surface area (Å²) in [6.45, 7) is 5.86. The Hall–Kier alpha value is -1.69. The molecule has 0 aliphatic carbocycles. The molecule has 0 saturated carbocycles. The Morgan fingerprint density at radius 2 is 2.00 bits per heavy atom. The maximum atomic E-state index is 12.0. The number of nitrogens with two attached hydrogens (primary N) is 1. The first kappa shape index (κ1) is 15.7. The van der Waals surface area contributed by atoms with Crippen molar-refractivity contribution in [1.82, 2.24) is 15.3 Å². The molecular formula is C15H25N5O. The number of piperidine rings is 1. The van der Waals surface area contributed by atoms with Crippen LogP contribution in [-0.2, 0) is 4.79 Å². The second-order valence-corrected chi connectivity index (χ2v) is 6.05. The highest BCUT2D eigenvalue weighted by Gasteiger charge is 2.24. The van der Waals surface area contributed by atoms with Crippen LogP contribution in [-0.4, -0.2) is 41.0 Å². The van der Waals surface area contributed by atoms with Gasteiger partial charge in [-0.3, -0.25) is 4.79 Å². The zero-order valence-corrected chi connectivity index (χ0v) is 12.8. The Bertz CT molecular complexity index is 443. The molecule has 21 heavy (non-hydrogen) atoms. The van der Waals surface area contributed by atoms with Gasteiger partial charge >= 0.3 is 0 Å². The van der Waals surface area contributed by atoms with E-state index < -0.39 is 6.04 Å². The van der Waals surface area contributed by atoms with Gasteiger partial charge in [0.2, 0.25) is 11.9 Å². The third kappa shape index (κ3) is 4.67. The molecule has 6 nitrogen and oxygen atoms in total. The van der Waals surface area contributed by atoms with Crippen LogP contribution >= 0.6 is 0 Å². The van der Waals surface area contributed by atoms with E-state index in [9.17, 15) is 4.79 Å². The van der Waals surface area contributed by atoms with Gasteiger partial charge in [0.05, 0.1) is 6.04 Å². The van der Waals surface area contributed by atoms with Crippen molar-refractivity contribution >= 4 is 11.9 Å². The van der Waals surface area contributed by atoms with Gasteiger partial charge in [-0.15, -0.1) is 0 Å². The van der Waals surface area contributed by atoms with Gasteiger partial charge in [0.15, 0.2) is 0 Å². The summed E-state index contributed by atoms with van der Waals surface area (Å²) in [5.74, 6) is 1.17. The lowest BCUT2D eigenvalue weighted by Crippen LogP contribution is -2.50. The van der Waals surface area contributed by atoms with Crippen LogP contribution in [0.15, 0.2) is 18.5 Å². The monoisotopic (exact) mass is 291 g/mol. The Balaban J connectivity index is 1.78. The number of anilines is 1. The average molecular weight is 291 g/mol. The van der Waals surface area contributed by atoms with Crippen LogP contribution in [0.2, 0.25) is 0 Å². The van der Waals surface area contributed by atoms with E-state index in [1.807, 2.05) is 6.07 Å². The van der Waals surface area contributed by atoms with Crippen LogP contribution in [0, 0.1) is 5.92 Å². The summed E-state index contributed by atoms with van der Waals surface area (Å²) < 4.78 is 0. The minimum absolute atomic E-state index is 0.0295. The lowest BCUT2D eigenvalue weighted by molar-refractivity contribution is -0.123. The number of nitrogens with zero attached hydrogens (tertiary/aromatic N) is 3. The molecule has 1 atom stereocenters. The lowest BCUT2D eigenvalue weighted by Gasteiger charge is -2.32. The fourth-order valence-electron chi connectivity index (χ4n) is 2.60. The van der Waals surface area contributed by atoms with Gasteiger partial charge in [-0.1, -0.05) is 13.8 Å². The summed E-state index contributed by atoms with van der Waals surface area (Å²) in [5, 5.41) is 3.06. The molecule has 0 radical (unpaired) electrons. The smallest absolute Gasteiger partial charge is 0.237 e. The van der Waals surface area contributed by atoms with Gasteiger partial charge in [-0.25, -0.2) is 9.97 Å². The molecule has 1 aliphatic heterocycles. The first-order valence-corrected chi connectivity index (χ1v) is 7.64. The van der Waals surface area contributed by atoms with Crippen LogP contribution in [0.25, 0.3) is 0 Å². The summed E-state index contributed by atoms with van der Waals surface area (Å²) in [7, 11) is 0. The maximum absolute atomic E-state index is 12.0. The molecule has 1 aromatic heterocycles. The molecule has 1 amide bonds. The molecular weight excluding hydrogens is 266 g/mol. The van der Waals surface area contributed by atoms with Crippen molar-refractivity contribution in [2.45, 2.75) is 45.2 Å². The second kappa shape index (κ2) is 7.36. The van der Waals surface area contributed by atoms with Crippen molar-refractivity contribution in [2.75, 3.05) is 18.0 Å². The molecule has 116 valence electrons. The standard InChI is InChI=1S/C15H25N5O/c1-11(2)10-13(16)14(21)19-12-4-8-20(9-5-12)15-17-6-3-7-18-15/h3,6-7,11-13H,4-5,8-10,16H2,1-2H3,(H,19,21). The molecule has 0 aromatic carbocycles. The number of amides is 1. The fraction of sp³-hybridized carbons (Fsp3) is 0.667. The molecule has 1 fully saturated rings. The molecule has 1 aromatic rings. The van der Waals surface area contributed by atoms with E-state index in [1.165, 1.54) is 0 Å². The molecule has 3 N–H and O–H groups in total. The zero-order valence-electron chi connectivity index (χ0n) is 12.8. The number of aromatic nitrogens is 2. The molecule has 1 saturated heterocycles. The number of nitrogens with one attached hydrogen (secondary N) is 1. The Morgan fingerprint density at radius 1 is 1.38 bits per heavy atom. The van der Waals surface area contributed by atoms with E-state index in [0.717, 1.165) is 38.3 Å². The second-order valence-electron chi connectivity index (χ2n) is 6.05. The largest absolute Gasteiger partial charge is 0.352 e. The first-order chi connectivity index (χ1) is 10.1. The molecule has 1 aliphatic rings. The highest BCUT2D eigenvalue weighted by Crippen LogP contribution is 2.15. The Labute approximate surface area is 126 Å². The Kier molecular flexibility index (Phi) is 5.50. The summed E-state index contributed by atoms with van der Waals surface area (Å²) in [5.41, 5.74) is 5.91. The number of hydrogen-bond acceptors (Lipinski definition) is 5. The first-order valence-electron chi connectivity index (χ1n) is 7.64. The number of carbonyl (C=O) groups excluding carboxylic acids is 1. The van der Waals surface area contributed by atoms with Crippen LogP contribution in [0.3, 0.4) is 0 Å². The van der Waals surface area contributed by atoms with Gasteiger partial charge in [0.25, 0.3) is 0 Å². The predicted molar refractivity (Wildman–Crippen MR) is 82.8 cm³/mol.